The number of phosphoric ester groups is 1. The minimum absolute atomic E-state index is 0.161. The molecule has 6 aliphatic rings. The van der Waals surface area contributed by atoms with Gasteiger partial charge in [-0.25, -0.2) is 28.6 Å². The van der Waals surface area contributed by atoms with E-state index >= 15 is 0 Å². The number of anilines is 1. The highest BCUT2D eigenvalue weighted by Crippen LogP contribution is 2.92. The van der Waals surface area contributed by atoms with Crippen LogP contribution in [0.3, 0.4) is 0 Å². The van der Waals surface area contributed by atoms with Gasteiger partial charge >= 0.3 is 31.0 Å². The van der Waals surface area contributed by atoms with Gasteiger partial charge in [0.15, 0.2) is 11.5 Å². The average Bonchev–Trinajstić information content (AvgIpc) is 3.34. The molecule has 45 heavy (non-hydrogen) atoms. The number of nitrogen functional groups attached to an aromatic ring is 1. The quantitative estimate of drug-likeness (QED) is 0.0546. The van der Waals surface area contributed by atoms with Crippen molar-refractivity contribution in [2.75, 3.05) is 18.3 Å². The number of phosphoric acid groups is 3. The summed E-state index contributed by atoms with van der Waals surface area (Å²) in [5.74, 6) is 5.54. The molecule has 24 heteroatoms. The van der Waals surface area contributed by atoms with Crippen molar-refractivity contribution in [3.05, 3.63) is 12.7 Å². The monoisotopic (exact) mass is 728 g/mol. The molecule has 0 aromatic carbocycles. The van der Waals surface area contributed by atoms with Gasteiger partial charge in [0, 0.05) is 17.2 Å². The number of aromatic nitrogens is 4. The number of hydrogen-bond donors (Lipinski definition) is 5. The molecule has 0 amide bonds. The first-order chi connectivity index (χ1) is 21.0. The third-order valence-corrected chi connectivity index (χ3v) is 15.5. The molecule has 2 aromatic rings. The smallest absolute Gasteiger partial charge is 0.436 e. The molecule has 5 saturated carbocycles. The van der Waals surface area contributed by atoms with Crippen molar-refractivity contribution < 1.29 is 60.5 Å². The van der Waals surface area contributed by atoms with Crippen molar-refractivity contribution in [1.82, 2.24) is 19.5 Å². The van der Waals surface area contributed by atoms with E-state index in [1.807, 2.05) is 7.48 Å². The number of imidazole rings is 1. The lowest BCUT2D eigenvalue weighted by Crippen LogP contribution is -2.31. The van der Waals surface area contributed by atoms with E-state index in [1.165, 1.54) is 23.4 Å². The molecule has 3 unspecified atom stereocenters. The zero-order valence-corrected chi connectivity index (χ0v) is 27.9. The van der Waals surface area contributed by atoms with Crippen molar-refractivity contribution in [1.29, 1.82) is 0 Å². The number of nitrogens with zero attached hydrogens (tertiary/aromatic N) is 4. The summed E-state index contributed by atoms with van der Waals surface area (Å²) in [5, 5.41) is 0. The molecule has 18 nitrogen and oxygen atoms in total. The molecule has 1 saturated heterocycles. The zero-order valence-electron chi connectivity index (χ0n) is 23.6. The minimum atomic E-state index is -5.68. The molecule has 0 spiro atoms. The summed E-state index contributed by atoms with van der Waals surface area (Å²) in [4.78, 5) is 49.3. The van der Waals surface area contributed by atoms with E-state index in [0.29, 0.717) is 17.3 Å². The average molecular weight is 728 g/mol. The van der Waals surface area contributed by atoms with E-state index in [1.54, 1.807) is 15.4 Å². The van der Waals surface area contributed by atoms with Crippen molar-refractivity contribution >= 4 is 69.5 Å². The predicted molar refractivity (Wildman–Crippen MR) is 159 cm³/mol. The lowest BCUT2D eigenvalue weighted by molar-refractivity contribution is -0.0522. The van der Waals surface area contributed by atoms with E-state index in [4.69, 9.17) is 34.2 Å². The second-order valence-corrected chi connectivity index (χ2v) is 19.5. The number of rotatable bonds is 16. The molecule has 1 radical (unpaired) electrons. The van der Waals surface area contributed by atoms with E-state index < -0.39 is 48.5 Å². The highest BCUT2D eigenvalue weighted by Gasteiger charge is 2.92. The summed E-state index contributed by atoms with van der Waals surface area (Å²) in [6.45, 7) is 3.44. The van der Waals surface area contributed by atoms with Crippen LogP contribution in [0.5, 0.6) is 0 Å². The van der Waals surface area contributed by atoms with Gasteiger partial charge in [0.05, 0.1) is 19.0 Å². The lowest BCUT2D eigenvalue weighted by atomic mass is 9.82. The summed E-state index contributed by atoms with van der Waals surface area (Å²) >= 11 is 0. The van der Waals surface area contributed by atoms with Crippen LogP contribution >= 0.6 is 45.1 Å². The topological polar surface area (TPSA) is 257 Å². The Bertz CT molecular complexity index is 1590. The molecule has 5 atom stereocenters. The van der Waals surface area contributed by atoms with Gasteiger partial charge in [0.1, 0.15) is 30.1 Å². The Labute approximate surface area is 265 Å². The van der Waals surface area contributed by atoms with E-state index in [0.717, 1.165) is 35.5 Å². The van der Waals surface area contributed by atoms with E-state index in [2.05, 4.69) is 37.4 Å². The third kappa shape index (κ3) is 6.57. The fraction of sp³-hybridized carbons (Fsp3) is 0.762. The summed E-state index contributed by atoms with van der Waals surface area (Å²) in [7, 11) is -11.7. The lowest BCUT2D eigenvalue weighted by Gasteiger charge is -2.25. The van der Waals surface area contributed by atoms with E-state index in [-0.39, 0.29) is 22.8 Å². The van der Waals surface area contributed by atoms with Crippen LogP contribution in [0, 0.1) is 35.5 Å². The maximum Gasteiger partial charge on any atom is 0.490 e. The molecule has 247 valence electrons. The fourth-order valence-electron chi connectivity index (χ4n) is 7.29. The normalized spacial score (nSPS) is 37.1. The van der Waals surface area contributed by atoms with Crippen molar-refractivity contribution in [3.8, 4) is 0 Å². The molecule has 6 fully saturated rings. The first-order valence-corrected chi connectivity index (χ1v) is 20.7. The van der Waals surface area contributed by atoms with Crippen LogP contribution < -0.4 is 5.73 Å². The van der Waals surface area contributed by atoms with E-state index in [9.17, 15) is 23.5 Å². The maximum absolute atomic E-state index is 12.4. The van der Waals surface area contributed by atoms with Crippen molar-refractivity contribution in [2.24, 2.45) is 35.5 Å². The first kappa shape index (κ1) is 32.9. The van der Waals surface area contributed by atoms with Crippen LogP contribution in [-0.2, 0) is 41.0 Å². The van der Waals surface area contributed by atoms with Gasteiger partial charge in [-0.2, -0.15) is 8.62 Å². The van der Waals surface area contributed by atoms with Gasteiger partial charge in [-0.05, 0) is 35.5 Å². The minimum Gasteiger partial charge on any atom is -0.436 e. The number of hydrogen-bond acceptors (Lipinski definition) is 15. The molecular formula is C21H30BN5O13P3S2. The second-order valence-electron chi connectivity index (χ2n) is 12.1. The van der Waals surface area contributed by atoms with Crippen LogP contribution in [0.25, 0.3) is 11.2 Å². The van der Waals surface area contributed by atoms with Gasteiger partial charge in [-0.15, -0.1) is 0 Å². The standard InChI is InChI=1S/C21H30BN5O13P3S2/c1-21(2,22-38-18-15-11-12(15)14-13(11)16(14)18)45-44-7-35-8-3-10(27-6-26-17-19(23)24-5-25-20(17)27)37-9(8)4-36-42(31,32)40-43(33,34)39-41(28,29)30/h5-6,8-16,18H,3-4,7H2,1-2H3,(H,31,32)(H,33,34)(H2,23,24,25)(H2,28,29,30)/t8-,9?,10-,11?,12?,13?,14?,15?,16?,18?/m1/s1. The largest absolute Gasteiger partial charge is 0.490 e. The second kappa shape index (κ2) is 11.5. The SMILES string of the molecule is CC(C)([B]OC1C2C3C2C2C1C32)SSCO[C@@H]1C[C@H](n2cnc3c(N)ncnc32)OC1COP(=O)(O)OP(=O)(O)OP(=O)(O)O. The Hall–Kier alpha value is -0.595. The predicted octanol–water partition coefficient (Wildman–Crippen LogP) is 2.26. The van der Waals surface area contributed by atoms with Gasteiger partial charge < -0.3 is 39.4 Å². The fourth-order valence-corrected chi connectivity index (χ4v) is 12.3. The van der Waals surface area contributed by atoms with Gasteiger partial charge in [0.25, 0.3) is 0 Å². The van der Waals surface area contributed by atoms with Gasteiger partial charge in [0.2, 0.25) is 0 Å². The van der Waals surface area contributed by atoms with Crippen LogP contribution in [0.15, 0.2) is 12.7 Å². The number of fused-ring (bicyclic) bond motifs is 1. The van der Waals surface area contributed by atoms with Crippen LogP contribution in [0.4, 0.5) is 5.82 Å². The third-order valence-electron chi connectivity index (χ3n) is 8.84. The Morgan fingerprint density at radius 3 is 2.40 bits per heavy atom. The maximum atomic E-state index is 12.4. The number of nitrogens with two attached hydrogens (primary N) is 1. The van der Waals surface area contributed by atoms with Crippen molar-refractivity contribution in [2.45, 2.75) is 49.5 Å². The summed E-state index contributed by atoms with van der Waals surface area (Å²) < 4.78 is 67.1. The van der Waals surface area contributed by atoms with Crippen LogP contribution in [-0.4, -0.2) is 82.1 Å². The molecule has 5 aliphatic carbocycles. The molecule has 6 N–H and O–H groups in total. The van der Waals surface area contributed by atoms with Crippen LogP contribution in [0.2, 0.25) is 0 Å². The molecule has 3 heterocycles. The highest BCUT2D eigenvalue weighted by molar-refractivity contribution is 8.77. The Balaban J connectivity index is 0.955. The summed E-state index contributed by atoms with van der Waals surface area (Å²) in [5.41, 5.74) is 6.61. The molecular weight excluding hydrogens is 698 g/mol. The summed E-state index contributed by atoms with van der Waals surface area (Å²) in [6.07, 6.45) is 0.846. The molecule has 2 bridgehead atoms. The molecule has 1 aliphatic heterocycles. The van der Waals surface area contributed by atoms with Gasteiger partial charge in [-0.1, -0.05) is 35.4 Å². The first-order valence-electron chi connectivity index (χ1n) is 13.8. The van der Waals surface area contributed by atoms with Gasteiger partial charge in [-0.3, -0.25) is 9.09 Å². The Morgan fingerprint density at radius 1 is 1.04 bits per heavy atom. The highest BCUT2D eigenvalue weighted by atomic mass is 33.1. The zero-order chi connectivity index (χ0) is 32.1. The summed E-state index contributed by atoms with van der Waals surface area (Å²) in [6, 6.07) is 0. The Kier molecular flexibility index (Phi) is 8.41. The Morgan fingerprint density at radius 2 is 1.73 bits per heavy atom. The number of ether oxygens (including phenoxy) is 2. The molecule has 2 aromatic heterocycles. The van der Waals surface area contributed by atoms with Crippen molar-refractivity contribution in [3.63, 3.8) is 0 Å². The molecule has 8 rings (SSSR count). The van der Waals surface area contributed by atoms with Crippen LogP contribution in [0.1, 0.15) is 26.5 Å².